The molecule has 0 amide bonds. The van der Waals surface area contributed by atoms with Crippen molar-refractivity contribution in [3.8, 4) is 5.69 Å². The Morgan fingerprint density at radius 3 is 2.33 bits per heavy atom. The first-order chi connectivity index (χ1) is 8.29. The molecule has 0 bridgehead atoms. The number of halogens is 2. The molecular formula is C13H15Cl2N3. The molecule has 2 N–H and O–H groups in total. The molecule has 0 atom stereocenters. The van der Waals surface area contributed by atoms with Crippen LogP contribution in [0.5, 0.6) is 0 Å². The van der Waals surface area contributed by atoms with Crippen LogP contribution < -0.4 is 5.73 Å². The van der Waals surface area contributed by atoms with Gasteiger partial charge in [0.05, 0.1) is 33.3 Å². The highest BCUT2D eigenvalue weighted by atomic mass is 35.5. The molecule has 2 aromatic rings. The number of rotatable bonds is 1. The summed E-state index contributed by atoms with van der Waals surface area (Å²) in [4.78, 5) is 0. The molecule has 18 heavy (non-hydrogen) atoms. The molecule has 0 aliphatic carbocycles. The molecule has 1 heterocycles. The van der Waals surface area contributed by atoms with E-state index in [1.165, 1.54) is 0 Å². The maximum Gasteiger partial charge on any atom is 0.0911 e. The van der Waals surface area contributed by atoms with Crippen molar-refractivity contribution in [2.24, 2.45) is 0 Å². The lowest BCUT2D eigenvalue weighted by molar-refractivity contribution is 0.562. The van der Waals surface area contributed by atoms with E-state index in [2.05, 4.69) is 25.9 Å². The zero-order valence-corrected chi connectivity index (χ0v) is 12.0. The lowest BCUT2D eigenvalue weighted by atomic mass is 9.92. The average molecular weight is 284 g/mol. The third kappa shape index (κ3) is 2.47. The number of nitrogens with two attached hydrogens (primary N) is 1. The Morgan fingerprint density at radius 1 is 1.17 bits per heavy atom. The number of hydrogen-bond acceptors (Lipinski definition) is 2. The summed E-state index contributed by atoms with van der Waals surface area (Å²) in [6.45, 7) is 6.22. The largest absolute Gasteiger partial charge is 0.396 e. The molecule has 0 fully saturated rings. The third-order valence-corrected chi connectivity index (χ3v) is 3.36. The first-order valence-corrected chi connectivity index (χ1v) is 6.35. The van der Waals surface area contributed by atoms with Gasteiger partial charge >= 0.3 is 0 Å². The van der Waals surface area contributed by atoms with Gasteiger partial charge in [0.25, 0.3) is 0 Å². The molecule has 0 radical (unpaired) electrons. The molecule has 0 saturated heterocycles. The van der Waals surface area contributed by atoms with E-state index in [1.54, 1.807) is 23.0 Å². The topological polar surface area (TPSA) is 43.8 Å². The monoisotopic (exact) mass is 283 g/mol. The molecule has 0 saturated carbocycles. The quantitative estimate of drug-likeness (QED) is 0.858. The molecule has 0 unspecified atom stereocenters. The minimum absolute atomic E-state index is 0.0917. The van der Waals surface area contributed by atoms with E-state index in [-0.39, 0.29) is 5.41 Å². The normalized spacial score (nSPS) is 11.8. The van der Waals surface area contributed by atoms with Crippen LogP contribution in [0.4, 0.5) is 5.69 Å². The van der Waals surface area contributed by atoms with Crippen molar-refractivity contribution >= 4 is 28.9 Å². The van der Waals surface area contributed by atoms with Crippen molar-refractivity contribution in [1.29, 1.82) is 0 Å². The van der Waals surface area contributed by atoms with Gasteiger partial charge in [-0.1, -0.05) is 44.0 Å². The Bertz CT molecular complexity index is 582. The Morgan fingerprint density at radius 2 is 1.83 bits per heavy atom. The molecule has 0 aliphatic heterocycles. The van der Waals surface area contributed by atoms with Crippen LogP contribution in [0, 0.1) is 0 Å². The van der Waals surface area contributed by atoms with Crippen molar-refractivity contribution in [2.75, 3.05) is 5.73 Å². The van der Waals surface area contributed by atoms with Gasteiger partial charge in [-0.05, 0) is 18.2 Å². The Kier molecular flexibility index (Phi) is 3.30. The first kappa shape index (κ1) is 13.2. The van der Waals surface area contributed by atoms with E-state index < -0.39 is 0 Å². The fourth-order valence-electron chi connectivity index (χ4n) is 1.73. The molecule has 0 spiro atoms. The van der Waals surface area contributed by atoms with Crippen LogP contribution in [0.25, 0.3) is 5.69 Å². The summed E-state index contributed by atoms with van der Waals surface area (Å²) in [6.07, 6.45) is 1.79. The van der Waals surface area contributed by atoms with Gasteiger partial charge in [0.1, 0.15) is 0 Å². The molecular weight excluding hydrogens is 269 g/mol. The standard InChI is InChI=1S/C13H15Cl2N3/c1-13(2,3)12-11(16)7-18(17-12)8-4-5-9(14)10(15)6-8/h4-7H,16H2,1-3H3. The maximum absolute atomic E-state index is 6.00. The van der Waals surface area contributed by atoms with Crippen LogP contribution in [0.1, 0.15) is 26.5 Å². The number of nitrogen functional groups attached to an aromatic ring is 1. The van der Waals surface area contributed by atoms with Gasteiger partial charge < -0.3 is 5.73 Å². The summed E-state index contributed by atoms with van der Waals surface area (Å²) in [5, 5.41) is 5.54. The highest BCUT2D eigenvalue weighted by Gasteiger charge is 2.21. The number of anilines is 1. The maximum atomic E-state index is 6.00. The van der Waals surface area contributed by atoms with E-state index >= 15 is 0 Å². The fraction of sp³-hybridized carbons (Fsp3) is 0.308. The third-order valence-electron chi connectivity index (χ3n) is 2.62. The van der Waals surface area contributed by atoms with Gasteiger partial charge in [0, 0.05) is 5.41 Å². The van der Waals surface area contributed by atoms with Crippen molar-refractivity contribution in [3.63, 3.8) is 0 Å². The number of nitrogens with zero attached hydrogens (tertiary/aromatic N) is 2. The number of benzene rings is 1. The summed E-state index contributed by atoms with van der Waals surface area (Å²) >= 11 is 11.9. The summed E-state index contributed by atoms with van der Waals surface area (Å²) < 4.78 is 1.72. The molecule has 2 rings (SSSR count). The smallest absolute Gasteiger partial charge is 0.0911 e. The molecule has 96 valence electrons. The minimum atomic E-state index is -0.0917. The van der Waals surface area contributed by atoms with Crippen molar-refractivity contribution in [2.45, 2.75) is 26.2 Å². The van der Waals surface area contributed by atoms with Gasteiger partial charge in [0.15, 0.2) is 0 Å². The number of hydrogen-bond donors (Lipinski definition) is 1. The molecule has 1 aromatic heterocycles. The van der Waals surface area contributed by atoms with Gasteiger partial charge in [0.2, 0.25) is 0 Å². The van der Waals surface area contributed by atoms with Gasteiger partial charge in [-0.3, -0.25) is 0 Å². The SMILES string of the molecule is CC(C)(C)c1nn(-c2ccc(Cl)c(Cl)c2)cc1N. The second-order valence-electron chi connectivity index (χ2n) is 5.23. The Hall–Kier alpha value is -1.19. The van der Waals surface area contributed by atoms with Crippen LogP contribution in [0.2, 0.25) is 10.0 Å². The van der Waals surface area contributed by atoms with Crippen molar-refractivity contribution in [3.05, 3.63) is 40.1 Å². The van der Waals surface area contributed by atoms with E-state index in [0.717, 1.165) is 11.4 Å². The first-order valence-electron chi connectivity index (χ1n) is 5.60. The van der Waals surface area contributed by atoms with E-state index in [1.807, 2.05) is 6.07 Å². The average Bonchev–Trinajstić information content (AvgIpc) is 2.64. The highest BCUT2D eigenvalue weighted by molar-refractivity contribution is 6.42. The van der Waals surface area contributed by atoms with Gasteiger partial charge in [-0.2, -0.15) is 5.10 Å². The Labute approximate surface area is 117 Å². The summed E-state index contributed by atoms with van der Waals surface area (Å²) in [5.41, 5.74) is 8.28. The summed E-state index contributed by atoms with van der Waals surface area (Å²) in [6, 6.07) is 5.36. The predicted octanol–water partition coefficient (Wildman–Crippen LogP) is 4.06. The van der Waals surface area contributed by atoms with Crippen LogP contribution in [-0.2, 0) is 5.41 Å². The summed E-state index contributed by atoms with van der Waals surface area (Å²) in [7, 11) is 0. The zero-order valence-electron chi connectivity index (χ0n) is 10.5. The van der Waals surface area contributed by atoms with Crippen molar-refractivity contribution in [1.82, 2.24) is 9.78 Å². The summed E-state index contributed by atoms with van der Waals surface area (Å²) in [5.74, 6) is 0. The van der Waals surface area contributed by atoms with Crippen molar-refractivity contribution < 1.29 is 0 Å². The second kappa shape index (κ2) is 4.48. The molecule has 1 aromatic carbocycles. The van der Waals surface area contributed by atoms with E-state index in [0.29, 0.717) is 15.7 Å². The van der Waals surface area contributed by atoms with Gasteiger partial charge in [-0.15, -0.1) is 0 Å². The predicted molar refractivity (Wildman–Crippen MR) is 76.7 cm³/mol. The zero-order chi connectivity index (χ0) is 13.5. The van der Waals surface area contributed by atoms with Crippen LogP contribution in [0.15, 0.2) is 24.4 Å². The molecule has 5 heteroatoms. The fourth-order valence-corrected chi connectivity index (χ4v) is 2.02. The van der Waals surface area contributed by atoms with Gasteiger partial charge in [-0.25, -0.2) is 4.68 Å². The Balaban J connectivity index is 2.49. The lowest BCUT2D eigenvalue weighted by Gasteiger charge is -2.15. The molecule has 0 aliphatic rings. The number of aromatic nitrogens is 2. The lowest BCUT2D eigenvalue weighted by Crippen LogP contribution is -2.14. The van der Waals surface area contributed by atoms with E-state index in [9.17, 15) is 0 Å². The highest BCUT2D eigenvalue weighted by Crippen LogP contribution is 2.29. The van der Waals surface area contributed by atoms with Crippen LogP contribution >= 0.6 is 23.2 Å². The second-order valence-corrected chi connectivity index (χ2v) is 6.04. The van der Waals surface area contributed by atoms with E-state index in [4.69, 9.17) is 28.9 Å². The van der Waals surface area contributed by atoms with Crippen LogP contribution in [-0.4, -0.2) is 9.78 Å². The minimum Gasteiger partial charge on any atom is -0.396 e. The molecule has 3 nitrogen and oxygen atoms in total. The van der Waals surface area contributed by atoms with Crippen LogP contribution in [0.3, 0.4) is 0 Å².